The van der Waals surface area contributed by atoms with Gasteiger partial charge in [-0.3, -0.25) is 0 Å². The Kier molecular flexibility index (Phi) is 4.22. The van der Waals surface area contributed by atoms with Crippen LogP contribution in [0.4, 0.5) is 0 Å². The Balaban J connectivity index is 2.24. The summed E-state index contributed by atoms with van der Waals surface area (Å²) in [5.41, 5.74) is 6.34. The predicted molar refractivity (Wildman–Crippen MR) is 69.5 cm³/mol. The van der Waals surface area contributed by atoms with Crippen LogP contribution < -0.4 is 10.5 Å². The van der Waals surface area contributed by atoms with E-state index >= 15 is 0 Å². The van der Waals surface area contributed by atoms with Crippen molar-refractivity contribution in [3.63, 3.8) is 0 Å². The van der Waals surface area contributed by atoms with Gasteiger partial charge >= 0.3 is 0 Å². The lowest BCUT2D eigenvalue weighted by atomic mass is 9.75. The van der Waals surface area contributed by atoms with E-state index in [4.69, 9.17) is 15.2 Å². The highest BCUT2D eigenvalue weighted by atomic mass is 16.5. The fraction of sp³-hybridized carbons (Fsp3) is 0.571. The molecular formula is C14H21NO3. The van der Waals surface area contributed by atoms with Gasteiger partial charge in [0.1, 0.15) is 5.75 Å². The van der Waals surface area contributed by atoms with Gasteiger partial charge in [-0.15, -0.1) is 0 Å². The number of methoxy groups -OCH3 is 1. The zero-order chi connectivity index (χ0) is 13.0. The summed E-state index contributed by atoms with van der Waals surface area (Å²) in [6, 6.07) is 7.50. The lowest BCUT2D eigenvalue weighted by Crippen LogP contribution is -2.43. The molecule has 1 heterocycles. The first kappa shape index (κ1) is 13.3. The number of rotatable bonds is 4. The van der Waals surface area contributed by atoms with Crippen molar-refractivity contribution >= 4 is 0 Å². The number of hydrogen-bond acceptors (Lipinski definition) is 4. The summed E-state index contributed by atoms with van der Waals surface area (Å²) in [6.45, 7) is 1.69. The number of nitrogens with two attached hydrogens (primary N) is 1. The lowest BCUT2D eigenvalue weighted by molar-refractivity contribution is -0.0782. The highest BCUT2D eigenvalue weighted by Crippen LogP contribution is 2.40. The highest BCUT2D eigenvalue weighted by Gasteiger charge is 2.39. The summed E-state index contributed by atoms with van der Waals surface area (Å²) >= 11 is 0. The van der Waals surface area contributed by atoms with Crippen molar-refractivity contribution in [3.05, 3.63) is 29.8 Å². The number of benzene rings is 1. The third-order valence-corrected chi connectivity index (χ3v) is 3.75. The van der Waals surface area contributed by atoms with Crippen molar-refractivity contribution in [1.29, 1.82) is 0 Å². The van der Waals surface area contributed by atoms with E-state index in [1.54, 1.807) is 7.11 Å². The molecule has 2 rings (SSSR count). The molecule has 1 aromatic rings. The van der Waals surface area contributed by atoms with Crippen molar-refractivity contribution in [1.82, 2.24) is 0 Å². The second kappa shape index (κ2) is 5.69. The van der Waals surface area contributed by atoms with Crippen LogP contribution in [0.3, 0.4) is 0 Å². The molecule has 0 saturated carbocycles. The van der Waals surface area contributed by atoms with E-state index < -0.39 is 6.10 Å². The molecule has 4 heteroatoms. The summed E-state index contributed by atoms with van der Waals surface area (Å²) in [5.74, 6) is 0.746. The third-order valence-electron chi connectivity index (χ3n) is 3.75. The zero-order valence-corrected chi connectivity index (χ0v) is 10.8. The molecule has 4 nitrogen and oxygen atoms in total. The van der Waals surface area contributed by atoms with Gasteiger partial charge in [-0.2, -0.15) is 0 Å². The van der Waals surface area contributed by atoms with E-state index in [1.165, 1.54) is 0 Å². The summed E-state index contributed by atoms with van der Waals surface area (Å²) in [5, 5.41) is 10.6. The highest BCUT2D eigenvalue weighted by molar-refractivity contribution is 5.31. The molecule has 2 unspecified atom stereocenters. The van der Waals surface area contributed by atoms with Crippen LogP contribution in [0.2, 0.25) is 0 Å². The van der Waals surface area contributed by atoms with Crippen LogP contribution in [0.1, 0.15) is 24.5 Å². The first-order valence-corrected chi connectivity index (χ1v) is 6.32. The van der Waals surface area contributed by atoms with Gasteiger partial charge in [0.2, 0.25) is 0 Å². The minimum atomic E-state index is -0.613. The summed E-state index contributed by atoms with van der Waals surface area (Å²) in [7, 11) is 1.62. The maximum Gasteiger partial charge on any atom is 0.119 e. The van der Waals surface area contributed by atoms with Crippen LogP contribution in [-0.2, 0) is 4.74 Å². The normalized spacial score (nSPS) is 25.7. The smallest absolute Gasteiger partial charge is 0.119 e. The fourth-order valence-electron chi connectivity index (χ4n) is 2.53. The maximum atomic E-state index is 10.6. The Morgan fingerprint density at radius 1 is 1.56 bits per heavy atom. The van der Waals surface area contributed by atoms with Crippen LogP contribution >= 0.6 is 0 Å². The van der Waals surface area contributed by atoms with Gasteiger partial charge in [0.25, 0.3) is 0 Å². The largest absolute Gasteiger partial charge is 0.497 e. The van der Waals surface area contributed by atoms with E-state index in [2.05, 4.69) is 0 Å². The Bertz CT molecular complexity index is 388. The summed E-state index contributed by atoms with van der Waals surface area (Å²) in [6.07, 6.45) is 1.22. The summed E-state index contributed by atoms with van der Waals surface area (Å²) < 4.78 is 10.7. The molecule has 1 aromatic carbocycles. The van der Waals surface area contributed by atoms with Gasteiger partial charge in [0.05, 0.1) is 19.8 Å². The lowest BCUT2D eigenvalue weighted by Gasteiger charge is -2.40. The molecule has 2 atom stereocenters. The predicted octanol–water partition coefficient (Wildman–Crippen LogP) is 1.48. The van der Waals surface area contributed by atoms with E-state index in [-0.39, 0.29) is 5.41 Å². The van der Waals surface area contributed by atoms with Gasteiger partial charge in [0.15, 0.2) is 0 Å². The molecule has 0 spiro atoms. The van der Waals surface area contributed by atoms with Gasteiger partial charge in [-0.05, 0) is 30.5 Å². The molecule has 1 saturated heterocycles. The number of ether oxygens (including phenoxy) is 2. The first-order chi connectivity index (χ1) is 8.72. The minimum absolute atomic E-state index is 0.370. The van der Waals surface area contributed by atoms with E-state index in [9.17, 15) is 5.11 Å². The Hall–Kier alpha value is -1.10. The van der Waals surface area contributed by atoms with Crippen LogP contribution in [0.5, 0.6) is 5.75 Å². The Labute approximate surface area is 108 Å². The van der Waals surface area contributed by atoms with Crippen molar-refractivity contribution in [2.75, 3.05) is 26.9 Å². The molecule has 1 aliphatic heterocycles. The van der Waals surface area contributed by atoms with Crippen LogP contribution in [0.15, 0.2) is 24.3 Å². The summed E-state index contributed by atoms with van der Waals surface area (Å²) in [4.78, 5) is 0. The van der Waals surface area contributed by atoms with Gasteiger partial charge in [-0.25, -0.2) is 0 Å². The number of aliphatic hydroxyl groups excluding tert-OH is 1. The number of aliphatic hydroxyl groups is 1. The van der Waals surface area contributed by atoms with E-state index in [0.29, 0.717) is 13.2 Å². The SMILES string of the molecule is COc1cccc(C(O)C2(CN)CCCOC2)c1. The topological polar surface area (TPSA) is 64.7 Å². The minimum Gasteiger partial charge on any atom is -0.497 e. The average molecular weight is 251 g/mol. The molecule has 18 heavy (non-hydrogen) atoms. The van der Waals surface area contributed by atoms with Crippen molar-refractivity contribution < 1.29 is 14.6 Å². The fourth-order valence-corrected chi connectivity index (χ4v) is 2.53. The van der Waals surface area contributed by atoms with Crippen molar-refractivity contribution in [2.45, 2.75) is 18.9 Å². The molecule has 3 N–H and O–H groups in total. The quantitative estimate of drug-likeness (QED) is 0.851. The zero-order valence-electron chi connectivity index (χ0n) is 10.8. The van der Waals surface area contributed by atoms with Crippen molar-refractivity contribution in [3.8, 4) is 5.75 Å². The molecule has 1 fully saturated rings. The molecule has 0 aliphatic carbocycles. The third kappa shape index (κ3) is 2.51. The van der Waals surface area contributed by atoms with Crippen LogP contribution in [0, 0.1) is 5.41 Å². The maximum absolute atomic E-state index is 10.6. The van der Waals surface area contributed by atoms with Crippen LogP contribution in [-0.4, -0.2) is 32.0 Å². The number of hydrogen-bond donors (Lipinski definition) is 2. The molecule has 0 bridgehead atoms. The molecule has 0 radical (unpaired) electrons. The molecular weight excluding hydrogens is 230 g/mol. The first-order valence-electron chi connectivity index (χ1n) is 6.32. The van der Waals surface area contributed by atoms with Gasteiger partial charge in [0, 0.05) is 18.6 Å². The van der Waals surface area contributed by atoms with Crippen molar-refractivity contribution in [2.24, 2.45) is 11.1 Å². The van der Waals surface area contributed by atoms with Gasteiger partial charge < -0.3 is 20.3 Å². The monoisotopic (exact) mass is 251 g/mol. The van der Waals surface area contributed by atoms with E-state index in [1.807, 2.05) is 24.3 Å². The Morgan fingerprint density at radius 3 is 3.00 bits per heavy atom. The van der Waals surface area contributed by atoms with Crippen LogP contribution in [0.25, 0.3) is 0 Å². The average Bonchev–Trinajstić information content (AvgIpc) is 2.47. The Morgan fingerprint density at radius 2 is 2.39 bits per heavy atom. The molecule has 1 aliphatic rings. The standard InChI is InChI=1S/C14H21NO3/c1-17-12-5-2-4-11(8-12)13(16)14(9-15)6-3-7-18-10-14/h2,4-5,8,13,16H,3,6-7,9-10,15H2,1H3. The van der Waals surface area contributed by atoms with E-state index in [0.717, 1.165) is 30.8 Å². The molecule has 0 amide bonds. The second-order valence-electron chi connectivity index (χ2n) is 4.90. The molecule has 100 valence electrons. The molecule has 0 aromatic heterocycles. The van der Waals surface area contributed by atoms with Gasteiger partial charge in [-0.1, -0.05) is 12.1 Å². The second-order valence-corrected chi connectivity index (χ2v) is 4.90.